The fourth-order valence-corrected chi connectivity index (χ4v) is 7.61. The molecule has 15 N–H and O–H groups in total. The molecule has 2 aromatic carbocycles. The second kappa shape index (κ2) is 19.5. The number of aromatic hydroxyl groups is 2. The molecule has 0 bridgehead atoms. The van der Waals surface area contributed by atoms with Gasteiger partial charge in [0.2, 0.25) is 23.8 Å². The van der Waals surface area contributed by atoms with Crippen LogP contribution in [0.2, 0.25) is 0 Å². The first-order valence-corrected chi connectivity index (χ1v) is 19.9. The minimum atomic E-state index is -2.14. The zero-order chi connectivity index (χ0) is 46.5. The molecule has 3 aromatic rings. The molecule has 25 heteroatoms. The number of ether oxygens (including phenoxy) is 8. The van der Waals surface area contributed by atoms with E-state index in [-0.39, 0.29) is 17.1 Å². The molecular weight excluding hydrogens is 868 g/mol. The van der Waals surface area contributed by atoms with Crippen molar-refractivity contribution in [3.8, 4) is 34.3 Å². The van der Waals surface area contributed by atoms with Crippen LogP contribution in [0.5, 0.6) is 23.0 Å². The molecule has 64 heavy (non-hydrogen) atoms. The summed E-state index contributed by atoms with van der Waals surface area (Å²) in [6, 6.07) is 6.92. The predicted octanol–water partition coefficient (Wildman–Crippen LogP) is -6.10. The van der Waals surface area contributed by atoms with Crippen molar-refractivity contribution in [2.24, 2.45) is 0 Å². The van der Waals surface area contributed by atoms with E-state index in [4.69, 9.17) is 42.3 Å². The van der Waals surface area contributed by atoms with E-state index in [1.165, 1.54) is 31.2 Å². The van der Waals surface area contributed by atoms with Crippen LogP contribution < -0.4 is 14.9 Å². The van der Waals surface area contributed by atoms with Gasteiger partial charge in [0.1, 0.15) is 114 Å². The molecule has 4 saturated heterocycles. The van der Waals surface area contributed by atoms with Crippen LogP contribution in [0.15, 0.2) is 45.6 Å². The zero-order valence-electron chi connectivity index (χ0n) is 33.4. The first-order chi connectivity index (χ1) is 30.3. The smallest absolute Gasteiger partial charge is 0.239 e. The lowest BCUT2D eigenvalue weighted by Gasteiger charge is -2.46. The lowest BCUT2D eigenvalue weighted by atomic mass is 9.97. The van der Waals surface area contributed by atoms with Gasteiger partial charge in [-0.2, -0.15) is 0 Å². The van der Waals surface area contributed by atoms with Crippen molar-refractivity contribution in [2.75, 3.05) is 19.8 Å². The maximum Gasteiger partial charge on any atom is 0.239 e. The fraction of sp³-hybridized carbons (Fsp3) is 0.615. The summed E-state index contributed by atoms with van der Waals surface area (Å²) in [7, 11) is 0. The Hall–Kier alpha value is -3.91. The van der Waals surface area contributed by atoms with Crippen molar-refractivity contribution in [1.82, 2.24) is 0 Å². The van der Waals surface area contributed by atoms with Gasteiger partial charge < -0.3 is 119 Å². The number of aliphatic hydroxyl groups excluding tert-OH is 13. The Morgan fingerprint density at radius 2 is 1.12 bits per heavy atom. The molecule has 0 amide bonds. The number of phenols is 2. The molecular formula is C39H50O25. The minimum Gasteiger partial charge on any atom is -0.508 e. The lowest BCUT2D eigenvalue weighted by molar-refractivity contribution is -0.362. The van der Waals surface area contributed by atoms with Crippen molar-refractivity contribution >= 4 is 11.0 Å². The molecule has 4 aliphatic rings. The van der Waals surface area contributed by atoms with Gasteiger partial charge in [-0.3, -0.25) is 4.79 Å². The monoisotopic (exact) mass is 918 g/mol. The summed E-state index contributed by atoms with van der Waals surface area (Å²) in [5, 5.41) is 156. The van der Waals surface area contributed by atoms with E-state index in [2.05, 4.69) is 0 Å². The van der Waals surface area contributed by atoms with Gasteiger partial charge >= 0.3 is 0 Å². The van der Waals surface area contributed by atoms with Gasteiger partial charge in [0, 0.05) is 17.7 Å². The normalized spacial score (nSPS) is 40.6. The Bertz CT molecular complexity index is 2100. The quantitative estimate of drug-likeness (QED) is 0.0804. The largest absolute Gasteiger partial charge is 0.508 e. The van der Waals surface area contributed by atoms with E-state index >= 15 is 0 Å². The van der Waals surface area contributed by atoms with Crippen LogP contribution in [-0.2, 0) is 28.4 Å². The highest BCUT2D eigenvalue weighted by atomic mass is 16.8. The molecule has 0 unspecified atom stereocenters. The highest BCUT2D eigenvalue weighted by molar-refractivity contribution is 5.88. The molecule has 20 atom stereocenters. The van der Waals surface area contributed by atoms with Crippen LogP contribution >= 0.6 is 0 Å². The summed E-state index contributed by atoms with van der Waals surface area (Å²) in [4.78, 5) is 14.5. The Morgan fingerprint density at radius 3 is 1.75 bits per heavy atom. The molecule has 4 aliphatic heterocycles. The summed E-state index contributed by atoms with van der Waals surface area (Å²) in [6.07, 6.45) is -35.5. The number of hydrogen-bond acceptors (Lipinski definition) is 25. The van der Waals surface area contributed by atoms with Crippen molar-refractivity contribution in [1.29, 1.82) is 0 Å². The van der Waals surface area contributed by atoms with E-state index in [1.807, 2.05) is 0 Å². The Labute approximate surface area is 360 Å². The third kappa shape index (κ3) is 9.25. The average Bonchev–Trinajstić information content (AvgIpc) is 3.27. The lowest BCUT2D eigenvalue weighted by Crippen LogP contribution is -2.65. The van der Waals surface area contributed by atoms with Crippen LogP contribution in [0, 0.1) is 0 Å². The Kier molecular flexibility index (Phi) is 14.6. The zero-order valence-corrected chi connectivity index (χ0v) is 33.4. The fourth-order valence-electron chi connectivity index (χ4n) is 7.61. The molecule has 0 saturated carbocycles. The predicted molar refractivity (Wildman–Crippen MR) is 204 cm³/mol. The van der Waals surface area contributed by atoms with Gasteiger partial charge in [-0.15, -0.1) is 0 Å². The second-order valence-corrected chi connectivity index (χ2v) is 15.7. The van der Waals surface area contributed by atoms with Crippen LogP contribution in [-0.4, -0.2) is 219 Å². The number of fused-ring (bicyclic) bond motifs is 1. The maximum atomic E-state index is 14.5. The highest BCUT2D eigenvalue weighted by Gasteiger charge is 2.53. The van der Waals surface area contributed by atoms with Gasteiger partial charge in [0.05, 0.1) is 25.9 Å². The van der Waals surface area contributed by atoms with E-state index in [9.17, 15) is 81.4 Å². The molecule has 4 fully saturated rings. The van der Waals surface area contributed by atoms with Gasteiger partial charge in [-0.05, 0) is 31.2 Å². The van der Waals surface area contributed by atoms with Gasteiger partial charge in [0.25, 0.3) is 0 Å². The van der Waals surface area contributed by atoms with Crippen LogP contribution in [0.4, 0.5) is 0 Å². The third-order valence-electron chi connectivity index (χ3n) is 11.4. The molecule has 25 nitrogen and oxygen atoms in total. The summed E-state index contributed by atoms with van der Waals surface area (Å²) in [6.45, 7) is -1.04. The van der Waals surface area contributed by atoms with Gasteiger partial charge in [0.15, 0.2) is 24.4 Å². The summed E-state index contributed by atoms with van der Waals surface area (Å²) in [5.41, 5.74) is -1.54. The van der Waals surface area contributed by atoms with E-state index in [0.717, 1.165) is 12.1 Å². The third-order valence-corrected chi connectivity index (χ3v) is 11.4. The molecule has 0 aliphatic carbocycles. The van der Waals surface area contributed by atoms with Crippen LogP contribution in [0.25, 0.3) is 22.3 Å². The topological polar surface area (TPSA) is 408 Å². The van der Waals surface area contributed by atoms with Crippen molar-refractivity contribution < 1.29 is 119 Å². The minimum absolute atomic E-state index is 0.0209. The van der Waals surface area contributed by atoms with E-state index in [1.54, 1.807) is 0 Å². The summed E-state index contributed by atoms with van der Waals surface area (Å²) < 4.78 is 51.5. The standard InChI is InChI=1S/C39H50O25/c1-11-21(44)26(49)30(53)36(57-11)56-10-19-24(47)29(52)35(64-38-32(55)28(51)23(46)18(9-41)61-38)39(62-19)63-34-25(48)20-15(43)6-14(58-37-31(54)27(50)22(45)17(8-40)60-37)7-16(20)59-33(34)12-2-4-13(42)5-3-12/h2-7,11,17-19,21-24,26-32,35-47,49-55H,8-10H2,1H3/t11-,17+,18+,19+,21-,22+,23+,24+,26+,27-,28-,29-,30+,31+,32+,35+,36+,37+,38-,39-/m0/s1. The summed E-state index contributed by atoms with van der Waals surface area (Å²) in [5.74, 6) is -2.63. The van der Waals surface area contributed by atoms with Gasteiger partial charge in [-0.1, -0.05) is 0 Å². The Balaban J connectivity index is 1.27. The number of rotatable bonds is 12. The maximum absolute atomic E-state index is 14.5. The molecule has 356 valence electrons. The first-order valence-electron chi connectivity index (χ1n) is 19.9. The summed E-state index contributed by atoms with van der Waals surface area (Å²) >= 11 is 0. The number of benzene rings is 2. The second-order valence-electron chi connectivity index (χ2n) is 15.7. The van der Waals surface area contributed by atoms with Crippen molar-refractivity contribution in [3.05, 3.63) is 46.6 Å². The first kappa shape index (κ1) is 48.0. The molecule has 5 heterocycles. The molecule has 0 radical (unpaired) electrons. The van der Waals surface area contributed by atoms with E-state index < -0.39 is 176 Å². The molecule has 7 rings (SSSR count). The van der Waals surface area contributed by atoms with Crippen molar-refractivity contribution in [3.63, 3.8) is 0 Å². The van der Waals surface area contributed by atoms with Gasteiger partial charge in [-0.25, -0.2) is 0 Å². The van der Waals surface area contributed by atoms with Crippen LogP contribution in [0.1, 0.15) is 6.92 Å². The number of aliphatic hydroxyl groups is 13. The molecule has 1 aromatic heterocycles. The van der Waals surface area contributed by atoms with Crippen molar-refractivity contribution in [2.45, 2.75) is 130 Å². The number of phenolic OH excluding ortho intramolecular Hbond substituents is 2. The van der Waals surface area contributed by atoms with E-state index in [0.29, 0.717) is 0 Å². The molecule has 0 spiro atoms. The SMILES string of the molecule is C[C@@H]1O[C@@H](OC[C@H]2O[C@@H](Oc3c(-c4ccc(O)cc4)oc4cc(O[C@@H]5O[C@H](CO)[C@@H](O)[C@H](O)[C@H]5O)cc(O)c4c3=O)[C@H](O[C@@H]3O[C@H](CO)[C@@H](O)[C@H](O)[C@H]3O)[C@@H](O)[C@@H]2O)[C@H](O)[C@H](O)[C@H]1O. The van der Waals surface area contributed by atoms with Crippen LogP contribution in [0.3, 0.4) is 0 Å². The highest BCUT2D eigenvalue weighted by Crippen LogP contribution is 2.40. The Morgan fingerprint density at radius 1 is 0.578 bits per heavy atom. The average molecular weight is 919 g/mol. The number of hydrogen-bond donors (Lipinski definition) is 15.